The van der Waals surface area contributed by atoms with Crippen LogP contribution in [0.15, 0.2) is 36.9 Å². The minimum atomic E-state index is -0.929. The molecule has 1 aromatic carbocycles. The number of esters is 1. The van der Waals surface area contributed by atoms with Gasteiger partial charge in [0.1, 0.15) is 12.6 Å². The highest BCUT2D eigenvalue weighted by Gasteiger charge is 2.16. The standard InChI is InChI=1S/C14H17NO4/c1-3-7-19-14(18)11-6-4-5-10(8-11)9-12(15-2)13(16)17/h3-6,8,12,15H,1,7,9H2,2H3,(H,16,17)/t12-/m0/s1. The number of carboxylic acid groups (broad SMARTS) is 1. The number of hydrogen-bond acceptors (Lipinski definition) is 4. The average Bonchev–Trinajstić information content (AvgIpc) is 2.42. The number of nitrogens with one attached hydrogen (secondary N) is 1. The molecule has 0 unspecified atom stereocenters. The van der Waals surface area contributed by atoms with Gasteiger partial charge in [-0.15, -0.1) is 0 Å². The Morgan fingerprint density at radius 3 is 2.84 bits per heavy atom. The Morgan fingerprint density at radius 1 is 1.53 bits per heavy atom. The maximum absolute atomic E-state index is 11.6. The summed E-state index contributed by atoms with van der Waals surface area (Å²) in [6, 6.07) is 6.06. The van der Waals surface area contributed by atoms with E-state index in [0.29, 0.717) is 12.0 Å². The highest BCUT2D eigenvalue weighted by molar-refractivity contribution is 5.89. The fraction of sp³-hybridized carbons (Fsp3) is 0.286. The molecule has 0 saturated carbocycles. The van der Waals surface area contributed by atoms with Crippen molar-refractivity contribution in [2.75, 3.05) is 13.7 Å². The topological polar surface area (TPSA) is 75.6 Å². The Balaban J connectivity index is 2.79. The van der Waals surface area contributed by atoms with Gasteiger partial charge in [-0.3, -0.25) is 4.79 Å². The van der Waals surface area contributed by atoms with Crippen LogP contribution in [0.25, 0.3) is 0 Å². The number of hydrogen-bond donors (Lipinski definition) is 2. The van der Waals surface area contributed by atoms with Crippen LogP contribution in [0.2, 0.25) is 0 Å². The molecule has 0 saturated heterocycles. The molecule has 5 heteroatoms. The van der Waals surface area contributed by atoms with Gasteiger partial charge < -0.3 is 15.2 Å². The summed E-state index contributed by atoms with van der Waals surface area (Å²) >= 11 is 0. The van der Waals surface area contributed by atoms with E-state index in [2.05, 4.69) is 11.9 Å². The molecular weight excluding hydrogens is 246 g/mol. The Labute approximate surface area is 111 Å². The zero-order valence-corrected chi connectivity index (χ0v) is 10.8. The van der Waals surface area contributed by atoms with Crippen molar-refractivity contribution in [2.45, 2.75) is 12.5 Å². The summed E-state index contributed by atoms with van der Waals surface area (Å²) in [6.45, 7) is 3.61. The van der Waals surface area contributed by atoms with Crippen LogP contribution in [0, 0.1) is 0 Å². The van der Waals surface area contributed by atoms with Gasteiger partial charge in [0.25, 0.3) is 0 Å². The summed E-state index contributed by atoms with van der Waals surface area (Å²) < 4.78 is 4.92. The third-order valence-electron chi connectivity index (χ3n) is 2.58. The second-order valence-corrected chi connectivity index (χ2v) is 3.97. The summed E-state index contributed by atoms with van der Waals surface area (Å²) in [4.78, 5) is 22.6. The molecule has 102 valence electrons. The van der Waals surface area contributed by atoms with Crippen LogP contribution in [-0.4, -0.2) is 36.7 Å². The van der Waals surface area contributed by atoms with Crippen molar-refractivity contribution in [3.8, 4) is 0 Å². The maximum Gasteiger partial charge on any atom is 0.338 e. The summed E-state index contributed by atoms with van der Waals surface area (Å²) in [6.07, 6.45) is 1.79. The van der Waals surface area contributed by atoms with Crippen molar-refractivity contribution in [1.29, 1.82) is 0 Å². The fourth-order valence-electron chi connectivity index (χ4n) is 1.59. The number of ether oxygens (including phenoxy) is 1. The van der Waals surface area contributed by atoms with Crippen molar-refractivity contribution >= 4 is 11.9 Å². The van der Waals surface area contributed by atoms with E-state index in [-0.39, 0.29) is 6.61 Å². The van der Waals surface area contributed by atoms with Crippen LogP contribution in [0.3, 0.4) is 0 Å². The Hall–Kier alpha value is -2.14. The first kappa shape index (κ1) is 14.9. The number of rotatable bonds is 7. The molecule has 0 radical (unpaired) electrons. The molecule has 1 aromatic rings. The van der Waals surface area contributed by atoms with Crippen LogP contribution in [0.5, 0.6) is 0 Å². The fourth-order valence-corrected chi connectivity index (χ4v) is 1.59. The van der Waals surface area contributed by atoms with Gasteiger partial charge in [-0.2, -0.15) is 0 Å². The van der Waals surface area contributed by atoms with E-state index >= 15 is 0 Å². The molecule has 0 bridgehead atoms. The first-order chi connectivity index (χ1) is 9.08. The number of carbonyl (C=O) groups is 2. The molecule has 0 spiro atoms. The molecule has 2 N–H and O–H groups in total. The first-order valence-corrected chi connectivity index (χ1v) is 5.85. The zero-order chi connectivity index (χ0) is 14.3. The van der Waals surface area contributed by atoms with Crippen molar-refractivity contribution in [1.82, 2.24) is 5.32 Å². The summed E-state index contributed by atoms with van der Waals surface area (Å²) in [5, 5.41) is 11.7. The molecule has 0 aliphatic carbocycles. The van der Waals surface area contributed by atoms with Crippen LogP contribution in [-0.2, 0) is 16.0 Å². The van der Waals surface area contributed by atoms with Crippen molar-refractivity contribution < 1.29 is 19.4 Å². The number of benzene rings is 1. The normalized spacial score (nSPS) is 11.6. The van der Waals surface area contributed by atoms with Gasteiger partial charge in [0.15, 0.2) is 0 Å². The summed E-state index contributed by atoms with van der Waals surface area (Å²) in [7, 11) is 1.58. The van der Waals surface area contributed by atoms with Crippen molar-refractivity contribution in [3.05, 3.63) is 48.0 Å². The smallest absolute Gasteiger partial charge is 0.338 e. The van der Waals surface area contributed by atoms with Crippen LogP contribution < -0.4 is 5.32 Å². The first-order valence-electron chi connectivity index (χ1n) is 5.85. The lowest BCUT2D eigenvalue weighted by atomic mass is 10.0. The van der Waals surface area contributed by atoms with E-state index in [0.717, 1.165) is 5.56 Å². The average molecular weight is 263 g/mol. The SMILES string of the molecule is C=CCOC(=O)c1cccc(C[C@H](NC)C(=O)O)c1. The molecule has 0 aromatic heterocycles. The van der Waals surface area contributed by atoms with E-state index in [4.69, 9.17) is 9.84 Å². The molecule has 1 rings (SSSR count). The maximum atomic E-state index is 11.6. The molecule has 5 nitrogen and oxygen atoms in total. The molecule has 1 atom stereocenters. The van der Waals surface area contributed by atoms with E-state index in [1.807, 2.05) is 0 Å². The lowest BCUT2D eigenvalue weighted by Crippen LogP contribution is -2.35. The predicted molar refractivity (Wildman–Crippen MR) is 71.1 cm³/mol. The lowest BCUT2D eigenvalue weighted by Gasteiger charge is -2.11. The molecule has 0 amide bonds. The van der Waals surface area contributed by atoms with E-state index < -0.39 is 18.0 Å². The van der Waals surface area contributed by atoms with Gasteiger partial charge in [-0.1, -0.05) is 24.8 Å². The van der Waals surface area contributed by atoms with Crippen LogP contribution in [0.4, 0.5) is 0 Å². The molecule has 0 fully saturated rings. The highest BCUT2D eigenvalue weighted by Crippen LogP contribution is 2.09. The Kier molecular flexibility index (Phi) is 5.75. The third-order valence-corrected chi connectivity index (χ3v) is 2.58. The minimum absolute atomic E-state index is 0.150. The van der Waals surface area contributed by atoms with Gasteiger partial charge in [-0.25, -0.2) is 4.79 Å². The summed E-state index contributed by atoms with van der Waals surface area (Å²) in [5.41, 5.74) is 1.16. The van der Waals surface area contributed by atoms with Gasteiger partial charge in [0.05, 0.1) is 5.56 Å². The van der Waals surface area contributed by atoms with E-state index in [9.17, 15) is 9.59 Å². The number of carboxylic acids is 1. The third kappa shape index (κ3) is 4.56. The molecule has 0 aliphatic rings. The Morgan fingerprint density at radius 2 is 2.26 bits per heavy atom. The van der Waals surface area contributed by atoms with Gasteiger partial charge in [0.2, 0.25) is 0 Å². The quantitative estimate of drug-likeness (QED) is 0.572. The minimum Gasteiger partial charge on any atom is -0.480 e. The van der Waals surface area contributed by atoms with Gasteiger partial charge in [0, 0.05) is 0 Å². The second-order valence-electron chi connectivity index (χ2n) is 3.97. The van der Waals surface area contributed by atoms with Gasteiger partial charge in [-0.05, 0) is 31.2 Å². The predicted octanol–water partition coefficient (Wildman–Crippen LogP) is 1.24. The van der Waals surface area contributed by atoms with E-state index in [1.165, 1.54) is 6.08 Å². The number of likely N-dealkylation sites (N-methyl/N-ethyl adjacent to an activating group) is 1. The number of aliphatic carboxylic acids is 1. The number of carbonyl (C=O) groups excluding carboxylic acids is 1. The second kappa shape index (κ2) is 7.33. The van der Waals surface area contributed by atoms with Crippen molar-refractivity contribution in [3.63, 3.8) is 0 Å². The zero-order valence-electron chi connectivity index (χ0n) is 10.8. The van der Waals surface area contributed by atoms with Crippen LogP contribution in [0.1, 0.15) is 15.9 Å². The molecule has 19 heavy (non-hydrogen) atoms. The largest absolute Gasteiger partial charge is 0.480 e. The monoisotopic (exact) mass is 263 g/mol. The molecule has 0 heterocycles. The summed E-state index contributed by atoms with van der Waals surface area (Å²) in [5.74, 6) is -1.37. The Bertz CT molecular complexity index is 470. The van der Waals surface area contributed by atoms with E-state index in [1.54, 1.807) is 31.3 Å². The highest BCUT2D eigenvalue weighted by atomic mass is 16.5. The molecular formula is C14H17NO4. The lowest BCUT2D eigenvalue weighted by molar-refractivity contribution is -0.139. The van der Waals surface area contributed by atoms with Crippen molar-refractivity contribution in [2.24, 2.45) is 0 Å². The van der Waals surface area contributed by atoms with Gasteiger partial charge >= 0.3 is 11.9 Å². The molecule has 0 aliphatic heterocycles. The van der Waals surface area contributed by atoms with Crippen LogP contribution >= 0.6 is 0 Å².